The number of phenolic OH excluding ortho intramolecular Hbond substituents is 1. The van der Waals surface area contributed by atoms with Gasteiger partial charge in [0.05, 0.1) is 29.0 Å². The number of hydrogen-bond acceptors (Lipinski definition) is 5. The number of methoxy groups -OCH3 is 1. The Balaban J connectivity index is 1.83. The summed E-state index contributed by atoms with van der Waals surface area (Å²) in [5, 5.41) is 13.6. The smallest absolute Gasteiger partial charge is 0.271 e. The van der Waals surface area contributed by atoms with E-state index in [0.717, 1.165) is 29.3 Å². The molecule has 4 rings (SSSR count). The molecule has 6 nitrogen and oxygen atoms in total. The van der Waals surface area contributed by atoms with E-state index in [0.29, 0.717) is 17.4 Å². The summed E-state index contributed by atoms with van der Waals surface area (Å²) in [6.45, 7) is 1.97. The Labute approximate surface area is 149 Å². The lowest BCUT2D eigenvalue weighted by atomic mass is 10.1. The van der Waals surface area contributed by atoms with Crippen molar-refractivity contribution >= 4 is 22.6 Å². The van der Waals surface area contributed by atoms with Crippen molar-refractivity contribution < 1.29 is 9.84 Å². The Bertz CT molecular complexity index is 893. The summed E-state index contributed by atoms with van der Waals surface area (Å²) in [7, 11) is 1.52. The van der Waals surface area contributed by atoms with E-state index in [1.54, 1.807) is 23.9 Å². The van der Waals surface area contributed by atoms with Crippen LogP contribution in [0.4, 0.5) is 5.82 Å². The standard InChI is InChI=1S/C18H21N3O3S/c1-10-19-17-15(18(23)20-21(17)12-5-3-4-6-12)16(25-10)11-7-8-13(22)14(9-11)24-2/h7-9,12,16,22H,3-6H2,1-2H3,(H,20,23)/t16-/m1/s1. The first-order valence-corrected chi connectivity index (χ1v) is 9.39. The monoisotopic (exact) mass is 359 g/mol. The Morgan fingerprint density at radius 3 is 2.84 bits per heavy atom. The molecule has 1 aliphatic carbocycles. The molecule has 0 spiro atoms. The maximum atomic E-state index is 12.7. The summed E-state index contributed by atoms with van der Waals surface area (Å²) in [4.78, 5) is 17.4. The van der Waals surface area contributed by atoms with Crippen LogP contribution in [-0.4, -0.2) is 27.0 Å². The fourth-order valence-corrected chi connectivity index (χ4v) is 4.82. The van der Waals surface area contributed by atoms with Gasteiger partial charge in [0, 0.05) is 0 Å². The van der Waals surface area contributed by atoms with Gasteiger partial charge in [0.15, 0.2) is 17.3 Å². The topological polar surface area (TPSA) is 79.6 Å². The Kier molecular flexibility index (Phi) is 4.11. The fourth-order valence-electron chi connectivity index (χ4n) is 3.73. The summed E-state index contributed by atoms with van der Waals surface area (Å²) >= 11 is 1.56. The number of thioether (sulfide) groups is 1. The molecule has 2 aliphatic rings. The summed E-state index contributed by atoms with van der Waals surface area (Å²) in [6, 6.07) is 5.56. The quantitative estimate of drug-likeness (QED) is 0.871. The van der Waals surface area contributed by atoms with E-state index < -0.39 is 0 Å². The van der Waals surface area contributed by atoms with Crippen LogP contribution in [0.3, 0.4) is 0 Å². The second-order valence-corrected chi connectivity index (χ2v) is 7.84. The first kappa shape index (κ1) is 16.3. The van der Waals surface area contributed by atoms with Crippen LogP contribution in [0.15, 0.2) is 28.0 Å². The zero-order valence-electron chi connectivity index (χ0n) is 14.3. The lowest BCUT2D eigenvalue weighted by molar-refractivity contribution is 0.373. The molecule has 132 valence electrons. The number of hydrogen-bond donors (Lipinski definition) is 2. The molecule has 1 aromatic carbocycles. The molecule has 0 unspecified atom stereocenters. The molecule has 2 N–H and O–H groups in total. The highest BCUT2D eigenvalue weighted by molar-refractivity contribution is 8.14. The van der Waals surface area contributed by atoms with E-state index in [-0.39, 0.29) is 16.6 Å². The number of nitrogens with one attached hydrogen (secondary N) is 1. The van der Waals surface area contributed by atoms with Gasteiger partial charge in [-0.1, -0.05) is 30.7 Å². The molecule has 7 heteroatoms. The minimum Gasteiger partial charge on any atom is -0.504 e. The molecular formula is C18H21N3O3S. The van der Waals surface area contributed by atoms with Gasteiger partial charge in [-0.05, 0) is 37.5 Å². The second kappa shape index (κ2) is 6.29. The van der Waals surface area contributed by atoms with Gasteiger partial charge in [0.25, 0.3) is 5.56 Å². The van der Waals surface area contributed by atoms with Crippen LogP contribution in [0.5, 0.6) is 11.5 Å². The zero-order chi connectivity index (χ0) is 17.6. The van der Waals surface area contributed by atoms with Gasteiger partial charge < -0.3 is 9.84 Å². The lowest BCUT2D eigenvalue weighted by Gasteiger charge is -2.22. The van der Waals surface area contributed by atoms with Gasteiger partial charge >= 0.3 is 0 Å². The Morgan fingerprint density at radius 1 is 1.36 bits per heavy atom. The van der Waals surface area contributed by atoms with Crippen molar-refractivity contribution in [2.75, 3.05) is 7.11 Å². The molecule has 0 amide bonds. The highest BCUT2D eigenvalue weighted by Crippen LogP contribution is 2.46. The van der Waals surface area contributed by atoms with Crippen molar-refractivity contribution in [1.82, 2.24) is 9.78 Å². The molecule has 0 bridgehead atoms. The third kappa shape index (κ3) is 2.76. The first-order chi connectivity index (χ1) is 12.1. The molecule has 1 aliphatic heterocycles. The number of aromatic amines is 1. The normalized spacial score (nSPS) is 20.4. The summed E-state index contributed by atoms with van der Waals surface area (Å²) in [6.07, 6.45) is 4.54. The molecule has 0 radical (unpaired) electrons. The molecule has 1 atom stereocenters. The van der Waals surface area contributed by atoms with Crippen molar-refractivity contribution in [3.05, 3.63) is 39.7 Å². The lowest BCUT2D eigenvalue weighted by Crippen LogP contribution is -2.13. The fraction of sp³-hybridized carbons (Fsp3) is 0.444. The van der Waals surface area contributed by atoms with Gasteiger partial charge in [0.1, 0.15) is 0 Å². The van der Waals surface area contributed by atoms with E-state index in [2.05, 4.69) is 10.1 Å². The summed E-state index contributed by atoms with van der Waals surface area (Å²) in [5.41, 5.74) is 1.53. The number of nitrogens with zero attached hydrogens (tertiary/aromatic N) is 2. The van der Waals surface area contributed by atoms with Crippen LogP contribution >= 0.6 is 11.8 Å². The number of ether oxygens (including phenoxy) is 1. The first-order valence-electron chi connectivity index (χ1n) is 8.51. The van der Waals surface area contributed by atoms with E-state index in [4.69, 9.17) is 4.74 Å². The van der Waals surface area contributed by atoms with Crippen LogP contribution in [0.1, 0.15) is 55.0 Å². The third-order valence-corrected chi connectivity index (χ3v) is 6.12. The molecular weight excluding hydrogens is 338 g/mol. The third-order valence-electron chi connectivity index (χ3n) is 4.95. The van der Waals surface area contributed by atoms with Crippen LogP contribution in [0.25, 0.3) is 0 Å². The van der Waals surface area contributed by atoms with E-state index >= 15 is 0 Å². The number of aliphatic imine (C=N–C) groups is 1. The van der Waals surface area contributed by atoms with Crippen LogP contribution in [-0.2, 0) is 0 Å². The molecule has 0 saturated heterocycles. The number of H-pyrrole nitrogens is 1. The number of rotatable bonds is 3. The van der Waals surface area contributed by atoms with Gasteiger partial charge in [-0.3, -0.25) is 14.6 Å². The molecule has 1 saturated carbocycles. The van der Waals surface area contributed by atoms with Crippen LogP contribution in [0, 0.1) is 0 Å². The van der Waals surface area contributed by atoms with Gasteiger partial charge in [-0.2, -0.15) is 0 Å². The number of fused-ring (bicyclic) bond motifs is 1. The van der Waals surface area contributed by atoms with Crippen molar-refractivity contribution in [1.29, 1.82) is 0 Å². The summed E-state index contributed by atoms with van der Waals surface area (Å²) < 4.78 is 7.20. The van der Waals surface area contributed by atoms with Crippen molar-refractivity contribution in [3.8, 4) is 11.5 Å². The summed E-state index contributed by atoms with van der Waals surface area (Å²) in [5.74, 6) is 1.26. The van der Waals surface area contributed by atoms with Crippen molar-refractivity contribution in [3.63, 3.8) is 0 Å². The highest BCUT2D eigenvalue weighted by Gasteiger charge is 2.32. The van der Waals surface area contributed by atoms with E-state index in [1.807, 2.05) is 17.7 Å². The second-order valence-electron chi connectivity index (χ2n) is 6.55. The van der Waals surface area contributed by atoms with Crippen LogP contribution < -0.4 is 10.3 Å². The van der Waals surface area contributed by atoms with Crippen molar-refractivity contribution in [2.45, 2.75) is 43.9 Å². The SMILES string of the molecule is COc1cc([C@H]2SC(C)=Nc3c2c(=O)[nH]n3C2CCCC2)ccc1O. The average Bonchev–Trinajstić information content (AvgIpc) is 3.23. The predicted molar refractivity (Wildman–Crippen MR) is 99.4 cm³/mol. The predicted octanol–water partition coefficient (Wildman–Crippen LogP) is 3.89. The molecule has 25 heavy (non-hydrogen) atoms. The van der Waals surface area contributed by atoms with E-state index in [9.17, 15) is 9.90 Å². The minimum absolute atomic E-state index is 0.0808. The Morgan fingerprint density at radius 2 is 2.12 bits per heavy atom. The maximum absolute atomic E-state index is 12.7. The zero-order valence-corrected chi connectivity index (χ0v) is 15.1. The molecule has 2 aromatic rings. The average molecular weight is 359 g/mol. The Hall–Kier alpha value is -2.15. The number of aromatic nitrogens is 2. The highest BCUT2D eigenvalue weighted by atomic mass is 32.2. The van der Waals surface area contributed by atoms with Gasteiger partial charge in [0.2, 0.25) is 0 Å². The number of phenols is 1. The number of benzene rings is 1. The van der Waals surface area contributed by atoms with E-state index in [1.165, 1.54) is 20.0 Å². The molecule has 1 fully saturated rings. The number of aromatic hydroxyl groups is 1. The van der Waals surface area contributed by atoms with Gasteiger partial charge in [-0.25, -0.2) is 4.99 Å². The largest absolute Gasteiger partial charge is 0.504 e. The van der Waals surface area contributed by atoms with Crippen LogP contribution in [0.2, 0.25) is 0 Å². The van der Waals surface area contributed by atoms with Crippen molar-refractivity contribution in [2.24, 2.45) is 4.99 Å². The molecule has 1 aromatic heterocycles. The molecule has 2 heterocycles. The minimum atomic E-state index is -0.159. The maximum Gasteiger partial charge on any atom is 0.271 e. The van der Waals surface area contributed by atoms with Gasteiger partial charge in [-0.15, -0.1) is 0 Å².